The molecule has 19 heavy (non-hydrogen) atoms. The number of rotatable bonds is 3. The van der Waals surface area contributed by atoms with Crippen LogP contribution < -0.4 is 5.73 Å². The standard InChI is InChI=1S/C14H16ClN3O/c1-9-4-10(2-3-11(9)15)12-6-17-13(18-12)5-14(16)7-19-8-14/h2-4,6H,5,7-8,16H2,1H3,(H,17,18). The van der Waals surface area contributed by atoms with Crippen molar-refractivity contribution in [3.63, 3.8) is 0 Å². The minimum atomic E-state index is -0.259. The molecule has 0 aliphatic carbocycles. The number of aromatic nitrogens is 2. The van der Waals surface area contributed by atoms with Gasteiger partial charge < -0.3 is 15.5 Å². The van der Waals surface area contributed by atoms with Crippen molar-refractivity contribution in [1.29, 1.82) is 0 Å². The average Bonchev–Trinajstić information content (AvgIpc) is 2.79. The molecule has 2 heterocycles. The monoisotopic (exact) mass is 277 g/mol. The number of aryl methyl sites for hydroxylation is 1. The van der Waals surface area contributed by atoms with Gasteiger partial charge in [0, 0.05) is 11.4 Å². The van der Waals surface area contributed by atoms with Gasteiger partial charge in [-0.05, 0) is 30.2 Å². The molecule has 5 heteroatoms. The molecule has 0 spiro atoms. The lowest BCUT2D eigenvalue weighted by molar-refractivity contribution is -0.0537. The van der Waals surface area contributed by atoms with Crippen LogP contribution in [0.4, 0.5) is 0 Å². The summed E-state index contributed by atoms with van der Waals surface area (Å²) in [6.07, 6.45) is 2.54. The number of hydrogen-bond donors (Lipinski definition) is 2. The summed E-state index contributed by atoms with van der Waals surface area (Å²) in [5.74, 6) is 0.897. The highest BCUT2D eigenvalue weighted by Crippen LogP contribution is 2.24. The van der Waals surface area contributed by atoms with Crippen molar-refractivity contribution in [3.8, 4) is 11.3 Å². The first-order chi connectivity index (χ1) is 9.06. The van der Waals surface area contributed by atoms with Gasteiger partial charge in [0.25, 0.3) is 0 Å². The van der Waals surface area contributed by atoms with Gasteiger partial charge >= 0.3 is 0 Å². The van der Waals surface area contributed by atoms with Crippen LogP contribution in [0.2, 0.25) is 5.02 Å². The van der Waals surface area contributed by atoms with Gasteiger partial charge in [-0.15, -0.1) is 0 Å². The molecule has 1 fully saturated rings. The Labute approximate surface area is 116 Å². The second-order valence-electron chi connectivity index (χ2n) is 5.24. The molecule has 0 amide bonds. The van der Waals surface area contributed by atoms with Crippen LogP contribution in [0, 0.1) is 6.92 Å². The Balaban J connectivity index is 1.82. The number of ether oxygens (including phenoxy) is 1. The van der Waals surface area contributed by atoms with Gasteiger partial charge in [0.05, 0.1) is 30.6 Å². The van der Waals surface area contributed by atoms with Gasteiger partial charge in [0.2, 0.25) is 0 Å². The summed E-state index contributed by atoms with van der Waals surface area (Å²) >= 11 is 6.03. The first-order valence-electron chi connectivity index (χ1n) is 6.23. The van der Waals surface area contributed by atoms with E-state index in [0.717, 1.165) is 27.7 Å². The zero-order valence-corrected chi connectivity index (χ0v) is 11.5. The highest BCUT2D eigenvalue weighted by molar-refractivity contribution is 6.31. The summed E-state index contributed by atoms with van der Waals surface area (Å²) in [6.45, 7) is 3.19. The molecule has 0 saturated carbocycles. The van der Waals surface area contributed by atoms with Crippen LogP contribution in [-0.4, -0.2) is 28.7 Å². The molecular weight excluding hydrogens is 262 g/mol. The number of imidazole rings is 1. The molecule has 4 nitrogen and oxygen atoms in total. The third kappa shape index (κ3) is 2.52. The molecule has 3 rings (SSSR count). The lowest BCUT2D eigenvalue weighted by Crippen LogP contribution is -2.59. The van der Waals surface area contributed by atoms with Gasteiger partial charge in [0.1, 0.15) is 5.82 Å². The molecule has 0 radical (unpaired) electrons. The van der Waals surface area contributed by atoms with Crippen LogP contribution in [0.5, 0.6) is 0 Å². The average molecular weight is 278 g/mol. The molecule has 0 unspecified atom stereocenters. The van der Waals surface area contributed by atoms with E-state index in [2.05, 4.69) is 9.97 Å². The maximum absolute atomic E-state index is 6.12. The SMILES string of the molecule is Cc1cc(-c2cnc(CC3(N)COC3)[nH]2)ccc1Cl. The normalized spacial score (nSPS) is 17.2. The molecule has 3 N–H and O–H groups in total. The Morgan fingerprint density at radius 3 is 2.89 bits per heavy atom. The van der Waals surface area contributed by atoms with Crippen LogP contribution in [0.1, 0.15) is 11.4 Å². The van der Waals surface area contributed by atoms with Crippen molar-refractivity contribution < 1.29 is 4.74 Å². The first kappa shape index (κ1) is 12.7. The summed E-state index contributed by atoms with van der Waals surface area (Å²) in [7, 11) is 0. The van der Waals surface area contributed by atoms with Crippen LogP contribution in [0.25, 0.3) is 11.3 Å². The zero-order chi connectivity index (χ0) is 13.5. The number of benzene rings is 1. The number of H-pyrrole nitrogens is 1. The predicted molar refractivity (Wildman–Crippen MR) is 75.2 cm³/mol. The second kappa shape index (κ2) is 4.63. The third-order valence-corrected chi connectivity index (χ3v) is 3.82. The number of nitrogens with one attached hydrogen (secondary N) is 1. The van der Waals surface area contributed by atoms with E-state index in [-0.39, 0.29) is 5.54 Å². The van der Waals surface area contributed by atoms with E-state index in [1.807, 2.05) is 31.3 Å². The third-order valence-electron chi connectivity index (χ3n) is 3.40. The number of nitrogens with zero attached hydrogens (tertiary/aromatic N) is 1. The topological polar surface area (TPSA) is 63.9 Å². The summed E-state index contributed by atoms with van der Waals surface area (Å²) in [5, 5.41) is 0.774. The van der Waals surface area contributed by atoms with E-state index in [1.54, 1.807) is 0 Å². The number of hydrogen-bond acceptors (Lipinski definition) is 3. The van der Waals surface area contributed by atoms with E-state index in [4.69, 9.17) is 22.1 Å². The summed E-state index contributed by atoms with van der Waals surface area (Å²) in [5.41, 5.74) is 8.98. The smallest absolute Gasteiger partial charge is 0.108 e. The van der Waals surface area contributed by atoms with Gasteiger partial charge in [-0.1, -0.05) is 17.7 Å². The van der Waals surface area contributed by atoms with Crippen LogP contribution >= 0.6 is 11.6 Å². The molecule has 1 saturated heterocycles. The van der Waals surface area contributed by atoms with Crippen LogP contribution in [-0.2, 0) is 11.2 Å². The fourth-order valence-electron chi connectivity index (χ4n) is 2.21. The molecule has 1 aromatic heterocycles. The fourth-order valence-corrected chi connectivity index (χ4v) is 2.33. The maximum atomic E-state index is 6.12. The molecule has 2 aromatic rings. The van der Waals surface area contributed by atoms with E-state index >= 15 is 0 Å². The highest BCUT2D eigenvalue weighted by atomic mass is 35.5. The number of aromatic amines is 1. The van der Waals surface area contributed by atoms with Crippen molar-refractivity contribution in [2.24, 2.45) is 5.73 Å². The number of halogens is 1. The summed E-state index contributed by atoms with van der Waals surface area (Å²) < 4.78 is 5.15. The quantitative estimate of drug-likeness (QED) is 0.905. The lowest BCUT2D eigenvalue weighted by Gasteiger charge is -2.37. The molecule has 1 aliphatic rings. The molecule has 100 valence electrons. The van der Waals surface area contributed by atoms with Crippen molar-refractivity contribution in [2.45, 2.75) is 18.9 Å². The van der Waals surface area contributed by atoms with Crippen molar-refractivity contribution in [2.75, 3.05) is 13.2 Å². The van der Waals surface area contributed by atoms with Gasteiger partial charge in [-0.3, -0.25) is 0 Å². The maximum Gasteiger partial charge on any atom is 0.108 e. The van der Waals surface area contributed by atoms with E-state index < -0.39 is 0 Å². The molecule has 0 atom stereocenters. The largest absolute Gasteiger partial charge is 0.377 e. The summed E-state index contributed by atoms with van der Waals surface area (Å²) in [6, 6.07) is 5.93. The van der Waals surface area contributed by atoms with Crippen LogP contribution in [0.3, 0.4) is 0 Å². The Bertz CT molecular complexity index is 604. The molecule has 0 bridgehead atoms. The summed E-state index contributed by atoms with van der Waals surface area (Å²) in [4.78, 5) is 7.70. The van der Waals surface area contributed by atoms with E-state index in [1.165, 1.54) is 0 Å². The van der Waals surface area contributed by atoms with Crippen LogP contribution in [0.15, 0.2) is 24.4 Å². The van der Waals surface area contributed by atoms with E-state index in [9.17, 15) is 0 Å². The Morgan fingerprint density at radius 1 is 1.47 bits per heavy atom. The van der Waals surface area contributed by atoms with Gasteiger partial charge in [-0.25, -0.2) is 4.98 Å². The van der Waals surface area contributed by atoms with Gasteiger partial charge in [0.15, 0.2) is 0 Å². The Kier molecular flexibility index (Phi) is 3.09. The van der Waals surface area contributed by atoms with Crippen molar-refractivity contribution in [1.82, 2.24) is 9.97 Å². The molecule has 1 aromatic carbocycles. The minimum Gasteiger partial charge on any atom is -0.377 e. The molecule has 1 aliphatic heterocycles. The first-order valence-corrected chi connectivity index (χ1v) is 6.61. The van der Waals surface area contributed by atoms with Crippen molar-refractivity contribution >= 4 is 11.6 Å². The van der Waals surface area contributed by atoms with Gasteiger partial charge in [-0.2, -0.15) is 0 Å². The lowest BCUT2D eigenvalue weighted by atomic mass is 9.94. The van der Waals surface area contributed by atoms with E-state index in [0.29, 0.717) is 19.6 Å². The second-order valence-corrected chi connectivity index (χ2v) is 5.65. The Morgan fingerprint density at radius 2 is 2.26 bits per heavy atom. The highest BCUT2D eigenvalue weighted by Gasteiger charge is 2.35. The zero-order valence-electron chi connectivity index (χ0n) is 10.7. The Hall–Kier alpha value is -1.36. The minimum absolute atomic E-state index is 0.259. The fraction of sp³-hybridized carbons (Fsp3) is 0.357. The predicted octanol–water partition coefficient (Wildman–Crippen LogP) is 2.31. The molecular formula is C14H16ClN3O. The number of nitrogens with two attached hydrogens (primary N) is 1. The van der Waals surface area contributed by atoms with Crippen molar-refractivity contribution in [3.05, 3.63) is 40.8 Å².